The number of halogens is 1. The Kier molecular flexibility index (Phi) is 4.24. The molecule has 5 nitrogen and oxygen atoms in total. The van der Waals surface area contributed by atoms with Crippen LogP contribution >= 0.6 is 0 Å². The van der Waals surface area contributed by atoms with E-state index >= 15 is 0 Å². The predicted octanol–water partition coefficient (Wildman–Crippen LogP) is 2.75. The van der Waals surface area contributed by atoms with Gasteiger partial charge in [-0.3, -0.25) is 14.9 Å². The summed E-state index contributed by atoms with van der Waals surface area (Å²) >= 11 is 0. The molecule has 0 saturated carbocycles. The van der Waals surface area contributed by atoms with Crippen LogP contribution in [0.4, 0.5) is 10.1 Å². The average Bonchev–Trinajstić information content (AvgIpc) is 2.28. The average molecular weight is 269 g/mol. The first-order chi connectivity index (χ1) is 8.66. The van der Waals surface area contributed by atoms with Gasteiger partial charge in [-0.2, -0.15) is 4.39 Å². The van der Waals surface area contributed by atoms with E-state index in [2.05, 4.69) is 4.74 Å². The van der Waals surface area contributed by atoms with Gasteiger partial charge in [-0.05, 0) is 22.6 Å². The van der Waals surface area contributed by atoms with Crippen LogP contribution in [0.15, 0.2) is 12.1 Å². The Labute approximate surface area is 110 Å². The van der Waals surface area contributed by atoms with Crippen LogP contribution in [0.3, 0.4) is 0 Å². The molecule has 104 valence electrons. The molecule has 0 aliphatic carbocycles. The fourth-order valence-corrected chi connectivity index (χ4v) is 1.82. The van der Waals surface area contributed by atoms with Crippen molar-refractivity contribution in [3.63, 3.8) is 0 Å². The largest absolute Gasteiger partial charge is 0.469 e. The molecule has 19 heavy (non-hydrogen) atoms. The van der Waals surface area contributed by atoms with E-state index in [1.807, 2.05) is 20.8 Å². The molecule has 0 amide bonds. The second kappa shape index (κ2) is 5.34. The monoisotopic (exact) mass is 269 g/mol. The number of ether oxygens (including phenoxy) is 1. The van der Waals surface area contributed by atoms with Gasteiger partial charge in [0, 0.05) is 6.07 Å². The number of carbonyl (C=O) groups is 1. The first kappa shape index (κ1) is 15.1. The summed E-state index contributed by atoms with van der Waals surface area (Å²) in [6.07, 6.45) is -0.121. The van der Waals surface area contributed by atoms with Gasteiger partial charge < -0.3 is 4.74 Å². The van der Waals surface area contributed by atoms with Crippen LogP contribution in [0.25, 0.3) is 0 Å². The highest BCUT2D eigenvalue weighted by Crippen LogP contribution is 2.31. The minimum atomic E-state index is -0.899. The number of hydrogen-bond acceptors (Lipinski definition) is 4. The molecule has 0 saturated heterocycles. The van der Waals surface area contributed by atoms with Gasteiger partial charge in [0.05, 0.1) is 18.5 Å². The lowest BCUT2D eigenvalue weighted by atomic mass is 9.82. The zero-order valence-corrected chi connectivity index (χ0v) is 11.3. The molecule has 0 aliphatic rings. The molecule has 0 bridgehead atoms. The van der Waals surface area contributed by atoms with Crippen molar-refractivity contribution >= 4 is 11.7 Å². The van der Waals surface area contributed by atoms with E-state index in [-0.39, 0.29) is 6.42 Å². The SMILES string of the molecule is COC(=O)Cc1cc([N+](=O)[O-])c(F)cc1C(C)(C)C. The molecule has 1 rings (SSSR count). The first-order valence-corrected chi connectivity index (χ1v) is 5.71. The Morgan fingerprint density at radius 2 is 2.00 bits per heavy atom. The molecule has 0 radical (unpaired) electrons. The summed E-state index contributed by atoms with van der Waals surface area (Å²) in [6, 6.07) is 2.23. The normalized spacial score (nSPS) is 11.2. The number of nitro benzene ring substituents is 1. The molecule has 0 heterocycles. The quantitative estimate of drug-likeness (QED) is 0.480. The lowest BCUT2D eigenvalue weighted by molar-refractivity contribution is -0.387. The molecule has 0 unspecified atom stereocenters. The maximum absolute atomic E-state index is 13.7. The maximum Gasteiger partial charge on any atom is 0.309 e. The van der Waals surface area contributed by atoms with Crippen molar-refractivity contribution in [3.8, 4) is 0 Å². The predicted molar refractivity (Wildman–Crippen MR) is 67.5 cm³/mol. The van der Waals surface area contributed by atoms with Crippen LogP contribution in [0.2, 0.25) is 0 Å². The Bertz CT molecular complexity index is 520. The van der Waals surface area contributed by atoms with Gasteiger partial charge in [0.25, 0.3) is 0 Å². The van der Waals surface area contributed by atoms with E-state index in [4.69, 9.17) is 0 Å². The molecule has 6 heteroatoms. The van der Waals surface area contributed by atoms with Gasteiger partial charge in [0.2, 0.25) is 5.82 Å². The van der Waals surface area contributed by atoms with E-state index < -0.39 is 27.8 Å². The summed E-state index contributed by atoms with van der Waals surface area (Å²) in [7, 11) is 1.23. The Morgan fingerprint density at radius 3 is 2.42 bits per heavy atom. The lowest BCUT2D eigenvalue weighted by Crippen LogP contribution is -2.18. The molecule has 0 spiro atoms. The zero-order valence-electron chi connectivity index (χ0n) is 11.3. The minimum absolute atomic E-state index is 0.121. The molecule has 0 aliphatic heterocycles. The minimum Gasteiger partial charge on any atom is -0.469 e. The second-order valence-electron chi connectivity index (χ2n) is 5.22. The van der Waals surface area contributed by atoms with Crippen molar-refractivity contribution in [1.29, 1.82) is 0 Å². The van der Waals surface area contributed by atoms with Crippen LogP contribution in [0.1, 0.15) is 31.9 Å². The van der Waals surface area contributed by atoms with Crippen molar-refractivity contribution in [1.82, 2.24) is 0 Å². The molecule has 1 aromatic rings. The van der Waals surface area contributed by atoms with Gasteiger partial charge in [-0.15, -0.1) is 0 Å². The van der Waals surface area contributed by atoms with Crippen molar-refractivity contribution in [2.45, 2.75) is 32.6 Å². The van der Waals surface area contributed by atoms with Crippen LogP contribution in [-0.4, -0.2) is 18.0 Å². The third-order valence-corrected chi connectivity index (χ3v) is 2.74. The van der Waals surface area contributed by atoms with Crippen LogP contribution in [-0.2, 0) is 21.4 Å². The lowest BCUT2D eigenvalue weighted by Gasteiger charge is -2.22. The summed E-state index contributed by atoms with van der Waals surface area (Å²) in [6.45, 7) is 5.52. The fraction of sp³-hybridized carbons (Fsp3) is 0.462. The third kappa shape index (κ3) is 3.49. The number of nitrogens with zero attached hydrogens (tertiary/aromatic N) is 1. The maximum atomic E-state index is 13.7. The van der Waals surface area contributed by atoms with Gasteiger partial charge in [0.15, 0.2) is 0 Å². The van der Waals surface area contributed by atoms with Crippen molar-refractivity contribution < 1.29 is 18.8 Å². The van der Waals surface area contributed by atoms with Gasteiger partial charge in [0.1, 0.15) is 0 Å². The number of hydrogen-bond donors (Lipinski definition) is 0. The van der Waals surface area contributed by atoms with E-state index in [1.165, 1.54) is 7.11 Å². The third-order valence-electron chi connectivity index (χ3n) is 2.74. The van der Waals surface area contributed by atoms with E-state index in [0.29, 0.717) is 11.1 Å². The number of methoxy groups -OCH3 is 1. The molecule has 0 atom stereocenters. The number of rotatable bonds is 3. The highest BCUT2D eigenvalue weighted by Gasteiger charge is 2.25. The van der Waals surface area contributed by atoms with Crippen LogP contribution in [0, 0.1) is 15.9 Å². The summed E-state index contributed by atoms with van der Waals surface area (Å²) < 4.78 is 18.2. The number of esters is 1. The standard InChI is InChI=1S/C13H16FNO4/c1-13(2,3)9-7-10(14)11(15(17)18)5-8(9)6-12(16)19-4/h5,7H,6H2,1-4H3. The molecule has 0 N–H and O–H groups in total. The summed E-state index contributed by atoms with van der Waals surface area (Å²) in [4.78, 5) is 21.3. The van der Waals surface area contributed by atoms with Gasteiger partial charge in [-0.25, -0.2) is 0 Å². The zero-order chi connectivity index (χ0) is 14.8. The fourth-order valence-electron chi connectivity index (χ4n) is 1.82. The molecule has 0 fully saturated rings. The Hall–Kier alpha value is -1.98. The van der Waals surface area contributed by atoms with Crippen LogP contribution < -0.4 is 0 Å². The van der Waals surface area contributed by atoms with E-state index in [1.54, 1.807) is 0 Å². The van der Waals surface area contributed by atoms with E-state index in [9.17, 15) is 19.3 Å². The highest BCUT2D eigenvalue weighted by molar-refractivity contribution is 5.73. The van der Waals surface area contributed by atoms with Crippen molar-refractivity contribution in [2.75, 3.05) is 7.11 Å². The first-order valence-electron chi connectivity index (χ1n) is 5.71. The molecule has 0 aromatic heterocycles. The van der Waals surface area contributed by atoms with Gasteiger partial charge >= 0.3 is 11.7 Å². The van der Waals surface area contributed by atoms with Crippen molar-refractivity contribution in [2.24, 2.45) is 0 Å². The molecular weight excluding hydrogens is 253 g/mol. The molecular formula is C13H16FNO4. The molecule has 1 aromatic carbocycles. The highest BCUT2D eigenvalue weighted by atomic mass is 19.1. The van der Waals surface area contributed by atoms with Crippen molar-refractivity contribution in [3.05, 3.63) is 39.2 Å². The smallest absolute Gasteiger partial charge is 0.309 e. The number of carbonyl (C=O) groups excluding carboxylic acids is 1. The summed E-state index contributed by atoms with van der Waals surface area (Å²) in [5.41, 5.74) is -0.0976. The Morgan fingerprint density at radius 1 is 1.42 bits per heavy atom. The van der Waals surface area contributed by atoms with E-state index in [0.717, 1.165) is 12.1 Å². The second-order valence-corrected chi connectivity index (χ2v) is 5.22. The number of benzene rings is 1. The topological polar surface area (TPSA) is 69.4 Å². The summed E-state index contributed by atoms with van der Waals surface area (Å²) in [5.74, 6) is -1.42. The van der Waals surface area contributed by atoms with Crippen LogP contribution in [0.5, 0.6) is 0 Å². The summed E-state index contributed by atoms with van der Waals surface area (Å²) in [5, 5.41) is 10.7. The Balaban J connectivity index is 3.41. The van der Waals surface area contributed by atoms with Gasteiger partial charge in [-0.1, -0.05) is 20.8 Å². The number of nitro groups is 1.